The van der Waals surface area contributed by atoms with Crippen LogP contribution in [-0.2, 0) is 11.3 Å². The van der Waals surface area contributed by atoms with Gasteiger partial charge < -0.3 is 9.47 Å². The Bertz CT molecular complexity index is 611. The molecule has 0 fully saturated rings. The first-order chi connectivity index (χ1) is 9.60. The Hall–Kier alpha value is -1.46. The topological polar surface area (TPSA) is 35.5 Å². The van der Waals surface area contributed by atoms with Crippen LogP contribution in [0.3, 0.4) is 0 Å². The third-order valence-corrected chi connectivity index (χ3v) is 3.67. The van der Waals surface area contributed by atoms with Gasteiger partial charge in [-0.1, -0.05) is 12.1 Å². The fraction of sp³-hybridized carbons (Fsp3) is 0.133. The van der Waals surface area contributed by atoms with Gasteiger partial charge in [-0.25, -0.2) is 4.79 Å². The molecule has 3 nitrogen and oxygen atoms in total. The lowest BCUT2D eigenvalue weighted by molar-refractivity contribution is 0.0471. The summed E-state index contributed by atoms with van der Waals surface area (Å²) in [6.45, 7) is 0.214. The largest absolute Gasteiger partial charge is 0.497 e. The lowest BCUT2D eigenvalue weighted by Gasteiger charge is -2.07. The zero-order chi connectivity index (χ0) is 14.5. The van der Waals surface area contributed by atoms with E-state index in [1.807, 2.05) is 24.3 Å². The van der Waals surface area contributed by atoms with E-state index in [0.29, 0.717) is 14.9 Å². The highest BCUT2D eigenvalue weighted by Gasteiger charge is 2.12. The first-order valence-corrected chi connectivity index (χ1v) is 7.13. The van der Waals surface area contributed by atoms with E-state index in [9.17, 15) is 4.79 Å². The average molecular weight is 353 g/mol. The van der Waals surface area contributed by atoms with E-state index < -0.39 is 0 Å². The molecular weight excluding hydrogens is 340 g/mol. The van der Waals surface area contributed by atoms with Gasteiger partial charge in [0.25, 0.3) is 0 Å². The zero-order valence-electron chi connectivity index (χ0n) is 10.8. The minimum atomic E-state index is -0.386. The Labute approximate surface area is 131 Å². The number of thiol groups is 1. The summed E-state index contributed by atoms with van der Waals surface area (Å²) in [5, 5.41) is 0. The molecule has 0 aromatic heterocycles. The number of benzene rings is 2. The van der Waals surface area contributed by atoms with Crippen molar-refractivity contribution in [1.82, 2.24) is 0 Å². The molecule has 0 atom stereocenters. The van der Waals surface area contributed by atoms with Crippen molar-refractivity contribution in [2.45, 2.75) is 11.5 Å². The molecule has 0 spiro atoms. The van der Waals surface area contributed by atoms with E-state index in [0.717, 1.165) is 11.3 Å². The van der Waals surface area contributed by atoms with Gasteiger partial charge in [-0.15, -0.1) is 12.6 Å². The molecule has 5 heteroatoms. The normalized spacial score (nSPS) is 10.2. The van der Waals surface area contributed by atoms with Crippen LogP contribution in [0.4, 0.5) is 0 Å². The van der Waals surface area contributed by atoms with E-state index in [4.69, 9.17) is 9.47 Å². The van der Waals surface area contributed by atoms with Crippen molar-refractivity contribution in [2.75, 3.05) is 7.11 Å². The third-order valence-electron chi connectivity index (χ3n) is 2.70. The maximum atomic E-state index is 12.0. The highest BCUT2D eigenvalue weighted by atomic mass is 79.9. The van der Waals surface area contributed by atoms with Crippen molar-refractivity contribution < 1.29 is 14.3 Å². The SMILES string of the molecule is COc1ccc(COC(=O)c2cc(S)ccc2Br)cc1. The summed E-state index contributed by atoms with van der Waals surface area (Å²) >= 11 is 7.54. The number of rotatable bonds is 4. The minimum Gasteiger partial charge on any atom is -0.497 e. The Kier molecular flexibility index (Phi) is 5.09. The summed E-state index contributed by atoms with van der Waals surface area (Å²) in [6, 6.07) is 12.6. The molecule has 0 bridgehead atoms. The Balaban J connectivity index is 2.02. The van der Waals surface area contributed by atoms with Crippen LogP contribution in [0.2, 0.25) is 0 Å². The molecule has 20 heavy (non-hydrogen) atoms. The predicted octanol–water partition coefficient (Wildman–Crippen LogP) is 4.10. The summed E-state index contributed by atoms with van der Waals surface area (Å²) in [5.41, 5.74) is 1.36. The van der Waals surface area contributed by atoms with Crippen molar-refractivity contribution in [3.8, 4) is 5.75 Å². The van der Waals surface area contributed by atoms with Crippen molar-refractivity contribution in [2.24, 2.45) is 0 Å². The lowest BCUT2D eigenvalue weighted by Crippen LogP contribution is -2.06. The first kappa shape index (κ1) is 14.9. The predicted molar refractivity (Wildman–Crippen MR) is 83.5 cm³/mol. The number of carbonyl (C=O) groups excluding carboxylic acids is 1. The molecule has 0 saturated heterocycles. The highest BCUT2D eigenvalue weighted by molar-refractivity contribution is 9.10. The second-order valence-electron chi connectivity index (χ2n) is 4.09. The zero-order valence-corrected chi connectivity index (χ0v) is 13.3. The number of halogens is 1. The summed E-state index contributed by atoms with van der Waals surface area (Å²) < 4.78 is 11.0. The number of esters is 1. The number of hydrogen-bond donors (Lipinski definition) is 1. The Morgan fingerprint density at radius 2 is 1.90 bits per heavy atom. The van der Waals surface area contributed by atoms with Gasteiger partial charge in [0.05, 0.1) is 12.7 Å². The molecule has 2 rings (SSSR count). The quantitative estimate of drug-likeness (QED) is 0.664. The summed E-state index contributed by atoms with van der Waals surface area (Å²) in [4.78, 5) is 12.7. The monoisotopic (exact) mass is 352 g/mol. The van der Waals surface area contributed by atoms with E-state index >= 15 is 0 Å². The molecule has 0 radical (unpaired) electrons. The van der Waals surface area contributed by atoms with Gasteiger partial charge >= 0.3 is 5.97 Å². The summed E-state index contributed by atoms with van der Waals surface area (Å²) in [7, 11) is 1.61. The van der Waals surface area contributed by atoms with Gasteiger partial charge in [0, 0.05) is 9.37 Å². The van der Waals surface area contributed by atoms with Crippen molar-refractivity contribution in [3.05, 3.63) is 58.1 Å². The summed E-state index contributed by atoms with van der Waals surface area (Å²) in [5.74, 6) is 0.384. The van der Waals surface area contributed by atoms with Crippen molar-refractivity contribution >= 4 is 34.5 Å². The van der Waals surface area contributed by atoms with Crippen LogP contribution in [-0.4, -0.2) is 13.1 Å². The number of ether oxygens (including phenoxy) is 2. The van der Waals surface area contributed by atoms with Crippen LogP contribution in [0.5, 0.6) is 5.75 Å². The molecule has 104 valence electrons. The van der Waals surface area contributed by atoms with Gasteiger partial charge in [-0.05, 0) is 51.8 Å². The maximum absolute atomic E-state index is 12.0. The molecule has 0 amide bonds. The molecule has 0 saturated carbocycles. The fourth-order valence-electron chi connectivity index (χ4n) is 1.62. The molecule has 0 heterocycles. The number of carbonyl (C=O) groups is 1. The summed E-state index contributed by atoms with van der Waals surface area (Å²) in [6.07, 6.45) is 0. The Morgan fingerprint density at radius 3 is 2.55 bits per heavy atom. The van der Waals surface area contributed by atoms with Crippen LogP contribution in [0, 0.1) is 0 Å². The van der Waals surface area contributed by atoms with Crippen LogP contribution in [0.1, 0.15) is 15.9 Å². The highest BCUT2D eigenvalue weighted by Crippen LogP contribution is 2.21. The maximum Gasteiger partial charge on any atom is 0.339 e. The fourth-order valence-corrected chi connectivity index (χ4v) is 2.23. The average Bonchev–Trinajstić information content (AvgIpc) is 2.47. The van der Waals surface area contributed by atoms with Gasteiger partial charge in [0.1, 0.15) is 12.4 Å². The van der Waals surface area contributed by atoms with Crippen LogP contribution in [0.15, 0.2) is 51.8 Å². The van der Waals surface area contributed by atoms with E-state index in [1.165, 1.54) is 0 Å². The molecule has 2 aromatic carbocycles. The van der Waals surface area contributed by atoms with Crippen molar-refractivity contribution in [3.63, 3.8) is 0 Å². The molecule has 0 aliphatic rings. The smallest absolute Gasteiger partial charge is 0.339 e. The van der Waals surface area contributed by atoms with Crippen LogP contribution < -0.4 is 4.74 Å². The van der Waals surface area contributed by atoms with E-state index in [2.05, 4.69) is 28.6 Å². The van der Waals surface area contributed by atoms with Crippen LogP contribution in [0.25, 0.3) is 0 Å². The van der Waals surface area contributed by atoms with Gasteiger partial charge in [0.15, 0.2) is 0 Å². The third kappa shape index (κ3) is 3.77. The Morgan fingerprint density at radius 1 is 1.20 bits per heavy atom. The second-order valence-corrected chi connectivity index (χ2v) is 5.46. The van der Waals surface area contributed by atoms with E-state index in [-0.39, 0.29) is 12.6 Å². The standard InChI is InChI=1S/C15H13BrO3S/c1-18-11-4-2-10(3-5-11)9-19-15(17)13-8-12(20)6-7-14(13)16/h2-8,20H,9H2,1H3. The van der Waals surface area contributed by atoms with Gasteiger partial charge in [-0.3, -0.25) is 0 Å². The van der Waals surface area contributed by atoms with Gasteiger partial charge in [-0.2, -0.15) is 0 Å². The molecule has 0 unspecified atom stereocenters. The molecule has 0 aliphatic carbocycles. The minimum absolute atomic E-state index is 0.214. The number of hydrogen-bond acceptors (Lipinski definition) is 4. The lowest BCUT2D eigenvalue weighted by atomic mass is 10.2. The van der Waals surface area contributed by atoms with Gasteiger partial charge in [0.2, 0.25) is 0 Å². The first-order valence-electron chi connectivity index (χ1n) is 5.88. The molecule has 0 aliphatic heterocycles. The molecular formula is C15H13BrO3S. The van der Waals surface area contributed by atoms with Crippen LogP contribution >= 0.6 is 28.6 Å². The van der Waals surface area contributed by atoms with E-state index in [1.54, 1.807) is 25.3 Å². The molecule has 2 aromatic rings. The molecule has 0 N–H and O–H groups in total. The second kappa shape index (κ2) is 6.81. The van der Waals surface area contributed by atoms with Crippen molar-refractivity contribution in [1.29, 1.82) is 0 Å². The number of methoxy groups -OCH3 is 1.